The number of hydrogen-bond donors (Lipinski definition) is 2. The van der Waals surface area contributed by atoms with Gasteiger partial charge in [-0.15, -0.1) is 11.6 Å². The summed E-state index contributed by atoms with van der Waals surface area (Å²) in [5.41, 5.74) is 2.10. The molecule has 98 valence electrons. The maximum Gasteiger partial charge on any atom is 0.239 e. The monoisotopic (exact) mass is 267 g/mol. The van der Waals surface area contributed by atoms with Crippen LogP contribution in [0.3, 0.4) is 0 Å². The van der Waals surface area contributed by atoms with Crippen molar-refractivity contribution >= 4 is 28.9 Å². The maximum atomic E-state index is 11.4. The number of quaternary nitrogens is 1. The Balaban J connectivity index is 2.17. The zero-order valence-electron chi connectivity index (χ0n) is 10.5. The van der Waals surface area contributed by atoms with E-state index in [-0.39, 0.29) is 11.8 Å². The van der Waals surface area contributed by atoms with Gasteiger partial charge in [0.05, 0.1) is 13.1 Å². The lowest BCUT2D eigenvalue weighted by Crippen LogP contribution is -3.07. The molecule has 2 N–H and O–H groups in total. The number of anilines is 1. The highest BCUT2D eigenvalue weighted by molar-refractivity contribution is 6.29. The van der Waals surface area contributed by atoms with Crippen LogP contribution in [-0.2, 0) is 4.79 Å². The Morgan fingerprint density at radius 1 is 1.17 bits per heavy atom. The molecule has 0 saturated carbocycles. The molecule has 0 atom stereocenters. The van der Waals surface area contributed by atoms with Gasteiger partial charge in [-0.05, 0) is 31.7 Å². The summed E-state index contributed by atoms with van der Waals surface area (Å²) in [6.45, 7) is 2.29. The van der Waals surface area contributed by atoms with Gasteiger partial charge in [-0.3, -0.25) is 4.79 Å². The van der Waals surface area contributed by atoms with E-state index in [4.69, 9.17) is 11.6 Å². The zero-order valence-corrected chi connectivity index (χ0v) is 11.3. The summed E-state index contributed by atoms with van der Waals surface area (Å²) < 4.78 is 0. The van der Waals surface area contributed by atoms with E-state index in [9.17, 15) is 4.79 Å². The fourth-order valence-corrected chi connectivity index (χ4v) is 2.58. The fraction of sp³-hybridized carbons (Fsp3) is 0.500. The SMILES string of the molecule is O=C(CCl)Nc1ccccc1[NH+]1CCCCCC1. The van der Waals surface area contributed by atoms with Crippen molar-refractivity contribution in [2.75, 3.05) is 24.3 Å². The molecule has 0 bridgehead atoms. The molecule has 4 heteroatoms. The van der Waals surface area contributed by atoms with Gasteiger partial charge in [-0.1, -0.05) is 12.1 Å². The molecule has 0 spiro atoms. The summed E-state index contributed by atoms with van der Waals surface area (Å²) in [5, 5.41) is 2.89. The topological polar surface area (TPSA) is 33.5 Å². The first-order valence-electron chi connectivity index (χ1n) is 6.61. The van der Waals surface area contributed by atoms with Gasteiger partial charge >= 0.3 is 0 Å². The maximum absolute atomic E-state index is 11.4. The number of hydrogen-bond acceptors (Lipinski definition) is 1. The molecule has 0 aromatic heterocycles. The van der Waals surface area contributed by atoms with E-state index in [1.165, 1.54) is 36.3 Å². The number of alkyl halides is 1. The van der Waals surface area contributed by atoms with Crippen molar-refractivity contribution in [2.45, 2.75) is 25.7 Å². The van der Waals surface area contributed by atoms with Gasteiger partial charge < -0.3 is 10.2 Å². The highest BCUT2D eigenvalue weighted by atomic mass is 35.5. The van der Waals surface area contributed by atoms with Gasteiger partial charge in [-0.2, -0.15) is 0 Å². The number of rotatable bonds is 3. The van der Waals surface area contributed by atoms with Crippen molar-refractivity contribution in [3.05, 3.63) is 24.3 Å². The lowest BCUT2D eigenvalue weighted by atomic mass is 10.2. The average Bonchev–Trinajstić information content (AvgIpc) is 2.68. The number of para-hydroxylation sites is 2. The number of amides is 1. The van der Waals surface area contributed by atoms with Crippen LogP contribution in [0.5, 0.6) is 0 Å². The molecular formula is C14H20ClN2O+. The van der Waals surface area contributed by atoms with Crippen LogP contribution in [0, 0.1) is 0 Å². The predicted molar refractivity (Wildman–Crippen MR) is 74.6 cm³/mol. The second-order valence-electron chi connectivity index (χ2n) is 4.75. The summed E-state index contributed by atoms with van der Waals surface area (Å²) in [6.07, 6.45) is 5.15. The van der Waals surface area contributed by atoms with Crippen LogP contribution >= 0.6 is 11.6 Å². The molecule has 3 nitrogen and oxygen atoms in total. The molecule has 1 aromatic rings. The molecule has 1 aliphatic rings. The third kappa shape index (κ3) is 3.47. The summed E-state index contributed by atoms with van der Waals surface area (Å²) in [4.78, 5) is 12.9. The van der Waals surface area contributed by atoms with Crippen molar-refractivity contribution in [2.24, 2.45) is 0 Å². The Hall–Kier alpha value is -1.06. The molecule has 0 aliphatic carbocycles. The van der Waals surface area contributed by atoms with Crippen LogP contribution in [0.25, 0.3) is 0 Å². The lowest BCUT2D eigenvalue weighted by molar-refractivity contribution is -0.831. The minimum Gasteiger partial charge on any atom is -0.320 e. The van der Waals surface area contributed by atoms with E-state index >= 15 is 0 Å². The molecule has 0 radical (unpaired) electrons. The minimum atomic E-state index is -0.140. The van der Waals surface area contributed by atoms with Crippen molar-refractivity contribution in [1.82, 2.24) is 0 Å². The smallest absolute Gasteiger partial charge is 0.239 e. The van der Waals surface area contributed by atoms with Crippen LogP contribution in [0.4, 0.5) is 11.4 Å². The second kappa shape index (κ2) is 6.76. The van der Waals surface area contributed by atoms with E-state index in [0.717, 1.165) is 18.8 Å². The fourth-order valence-electron chi connectivity index (χ4n) is 2.51. The normalized spacial score (nSPS) is 17.2. The molecule has 1 aliphatic heterocycles. The molecule has 18 heavy (non-hydrogen) atoms. The Morgan fingerprint density at radius 2 is 1.83 bits per heavy atom. The minimum absolute atomic E-state index is 0.00364. The van der Waals surface area contributed by atoms with Crippen LogP contribution in [0.1, 0.15) is 25.7 Å². The Kier molecular flexibility index (Phi) is 5.02. The summed E-state index contributed by atoms with van der Waals surface area (Å²) in [6, 6.07) is 8.04. The van der Waals surface area contributed by atoms with Crippen LogP contribution < -0.4 is 10.2 Å². The van der Waals surface area contributed by atoms with Gasteiger partial charge in [0.25, 0.3) is 0 Å². The van der Waals surface area contributed by atoms with E-state index in [1.54, 1.807) is 0 Å². The van der Waals surface area contributed by atoms with Crippen molar-refractivity contribution in [1.29, 1.82) is 0 Å². The van der Waals surface area contributed by atoms with Gasteiger partial charge in [0, 0.05) is 6.07 Å². The molecule has 1 fully saturated rings. The number of benzene rings is 1. The number of nitrogens with one attached hydrogen (secondary N) is 2. The second-order valence-corrected chi connectivity index (χ2v) is 5.01. The first kappa shape index (κ1) is 13.4. The summed E-state index contributed by atoms with van der Waals surface area (Å²) in [5.74, 6) is -0.137. The molecule has 0 unspecified atom stereocenters. The van der Waals surface area contributed by atoms with Crippen molar-refractivity contribution in [3.8, 4) is 0 Å². The van der Waals surface area contributed by atoms with E-state index < -0.39 is 0 Å². The molecule has 1 aromatic carbocycles. The molecule has 2 rings (SSSR count). The van der Waals surface area contributed by atoms with Crippen LogP contribution in [0.15, 0.2) is 24.3 Å². The third-order valence-electron chi connectivity index (χ3n) is 3.41. The standard InChI is InChI=1S/C14H19ClN2O/c15-11-14(18)16-12-7-3-4-8-13(12)17-9-5-1-2-6-10-17/h3-4,7-8H,1-2,5-6,9-11H2,(H,16,18)/p+1. The lowest BCUT2D eigenvalue weighted by Gasteiger charge is -2.19. The van der Waals surface area contributed by atoms with E-state index in [0.29, 0.717) is 0 Å². The van der Waals surface area contributed by atoms with E-state index in [2.05, 4.69) is 11.4 Å². The quantitative estimate of drug-likeness (QED) is 0.807. The molecular weight excluding hydrogens is 248 g/mol. The van der Waals surface area contributed by atoms with Gasteiger partial charge in [-0.25, -0.2) is 0 Å². The Bertz CT molecular complexity index is 401. The zero-order chi connectivity index (χ0) is 12.8. The first-order valence-corrected chi connectivity index (χ1v) is 7.14. The number of halogens is 1. The highest BCUT2D eigenvalue weighted by Gasteiger charge is 2.18. The number of carbonyl (C=O) groups is 1. The largest absolute Gasteiger partial charge is 0.320 e. The number of carbonyl (C=O) groups excluding carboxylic acids is 1. The highest BCUT2D eigenvalue weighted by Crippen LogP contribution is 2.18. The van der Waals surface area contributed by atoms with Gasteiger partial charge in [0.1, 0.15) is 11.6 Å². The van der Waals surface area contributed by atoms with Crippen LogP contribution in [-0.4, -0.2) is 24.9 Å². The molecule has 1 amide bonds. The summed E-state index contributed by atoms with van der Waals surface area (Å²) >= 11 is 5.55. The predicted octanol–water partition coefficient (Wildman–Crippen LogP) is 1.95. The van der Waals surface area contributed by atoms with Crippen molar-refractivity contribution < 1.29 is 9.69 Å². The molecule has 1 heterocycles. The average molecular weight is 268 g/mol. The Morgan fingerprint density at radius 3 is 2.50 bits per heavy atom. The van der Waals surface area contributed by atoms with Crippen molar-refractivity contribution in [3.63, 3.8) is 0 Å². The van der Waals surface area contributed by atoms with E-state index in [1.807, 2.05) is 18.2 Å². The van der Waals surface area contributed by atoms with Crippen LogP contribution in [0.2, 0.25) is 0 Å². The molecule has 1 saturated heterocycles. The first-order chi connectivity index (χ1) is 8.81. The van der Waals surface area contributed by atoms with Gasteiger partial charge in [0.2, 0.25) is 5.91 Å². The summed E-state index contributed by atoms with van der Waals surface area (Å²) in [7, 11) is 0. The third-order valence-corrected chi connectivity index (χ3v) is 3.65. The Labute approximate surface area is 113 Å². The van der Waals surface area contributed by atoms with Gasteiger partial charge in [0.15, 0.2) is 5.69 Å².